The van der Waals surface area contributed by atoms with E-state index in [1.54, 1.807) is 0 Å². The van der Waals surface area contributed by atoms with Crippen LogP contribution in [-0.2, 0) is 6.42 Å². The summed E-state index contributed by atoms with van der Waals surface area (Å²) in [6.45, 7) is 6.30. The van der Waals surface area contributed by atoms with Crippen molar-refractivity contribution in [2.45, 2.75) is 20.3 Å². The van der Waals surface area contributed by atoms with Crippen molar-refractivity contribution in [3.8, 4) is 0 Å². The van der Waals surface area contributed by atoms with Gasteiger partial charge in [0, 0.05) is 26.3 Å². The minimum Gasteiger partial charge on any atom is -0.394 e. The second-order valence-electron chi connectivity index (χ2n) is 3.59. The molecule has 1 heterocycles. The molecule has 88 valence electrons. The maximum atomic E-state index is 4.47. The van der Waals surface area contributed by atoms with Crippen LogP contribution in [0.4, 0.5) is 5.82 Å². The van der Waals surface area contributed by atoms with Crippen molar-refractivity contribution in [2.75, 3.05) is 25.0 Å². The first-order valence-electron chi connectivity index (χ1n) is 5.84. The summed E-state index contributed by atoms with van der Waals surface area (Å²) in [6.07, 6.45) is 6.91. The number of allylic oxidation sites excluding steroid dienone is 1. The molecule has 0 aromatic carbocycles. The van der Waals surface area contributed by atoms with Gasteiger partial charge >= 0.3 is 0 Å². The molecule has 1 aromatic heterocycles. The van der Waals surface area contributed by atoms with Crippen molar-refractivity contribution in [2.24, 2.45) is 0 Å². The van der Waals surface area contributed by atoms with Crippen LogP contribution in [0.25, 0.3) is 0 Å². The van der Waals surface area contributed by atoms with Crippen LogP contribution in [0.5, 0.6) is 0 Å². The fourth-order valence-corrected chi connectivity index (χ4v) is 1.58. The van der Waals surface area contributed by atoms with E-state index in [0.29, 0.717) is 0 Å². The first-order valence-corrected chi connectivity index (χ1v) is 5.84. The number of anilines is 1. The Morgan fingerprint density at radius 1 is 1.31 bits per heavy atom. The SMILES string of the molecule is CCN(CC)c1ccc(C/C=C\NC)cn1. The second kappa shape index (κ2) is 6.88. The highest BCUT2D eigenvalue weighted by Gasteiger charge is 2.01. The molecule has 0 aliphatic rings. The lowest BCUT2D eigenvalue weighted by Crippen LogP contribution is -2.22. The molecule has 0 unspecified atom stereocenters. The van der Waals surface area contributed by atoms with E-state index in [1.807, 2.05) is 19.4 Å². The lowest BCUT2D eigenvalue weighted by molar-refractivity contribution is 0.844. The molecule has 0 bridgehead atoms. The largest absolute Gasteiger partial charge is 0.394 e. The fourth-order valence-electron chi connectivity index (χ4n) is 1.58. The van der Waals surface area contributed by atoms with Crippen molar-refractivity contribution in [3.05, 3.63) is 36.2 Å². The number of nitrogens with one attached hydrogen (secondary N) is 1. The average Bonchev–Trinajstić information content (AvgIpc) is 2.33. The van der Waals surface area contributed by atoms with Crippen molar-refractivity contribution in [1.82, 2.24) is 10.3 Å². The van der Waals surface area contributed by atoms with Gasteiger partial charge in [0.15, 0.2) is 0 Å². The highest BCUT2D eigenvalue weighted by Crippen LogP contribution is 2.11. The van der Waals surface area contributed by atoms with Crippen LogP contribution >= 0.6 is 0 Å². The molecule has 1 aromatic rings. The van der Waals surface area contributed by atoms with Crippen LogP contribution in [0.3, 0.4) is 0 Å². The highest BCUT2D eigenvalue weighted by atomic mass is 15.2. The van der Waals surface area contributed by atoms with Crippen molar-refractivity contribution in [3.63, 3.8) is 0 Å². The predicted octanol–water partition coefficient (Wildman–Crippen LogP) is 2.20. The monoisotopic (exact) mass is 219 g/mol. The molecule has 0 saturated heterocycles. The Balaban J connectivity index is 2.63. The summed E-state index contributed by atoms with van der Waals surface area (Å²) in [7, 11) is 1.90. The van der Waals surface area contributed by atoms with Gasteiger partial charge in [-0.3, -0.25) is 0 Å². The molecule has 16 heavy (non-hydrogen) atoms. The van der Waals surface area contributed by atoms with Crippen molar-refractivity contribution in [1.29, 1.82) is 0 Å². The van der Waals surface area contributed by atoms with Gasteiger partial charge in [-0.25, -0.2) is 4.98 Å². The Labute approximate surface area is 98.2 Å². The van der Waals surface area contributed by atoms with E-state index in [9.17, 15) is 0 Å². The molecule has 0 amide bonds. The van der Waals surface area contributed by atoms with E-state index in [0.717, 1.165) is 25.3 Å². The Kier molecular flexibility index (Phi) is 5.40. The van der Waals surface area contributed by atoms with Gasteiger partial charge in [0.1, 0.15) is 5.82 Å². The number of hydrogen-bond donors (Lipinski definition) is 1. The quantitative estimate of drug-likeness (QED) is 0.795. The topological polar surface area (TPSA) is 28.2 Å². The summed E-state index contributed by atoms with van der Waals surface area (Å²) < 4.78 is 0. The first-order chi connectivity index (χ1) is 7.81. The minimum atomic E-state index is 0.923. The van der Waals surface area contributed by atoms with E-state index >= 15 is 0 Å². The molecule has 1 N–H and O–H groups in total. The normalized spacial score (nSPS) is 10.7. The standard InChI is InChI=1S/C13H21N3/c1-4-16(5-2)13-9-8-12(11-15-13)7-6-10-14-3/h6,8-11,14H,4-5,7H2,1-3H3/b10-6-. The molecule has 1 rings (SSSR count). The fraction of sp³-hybridized carbons (Fsp3) is 0.462. The number of rotatable bonds is 6. The Hall–Kier alpha value is -1.51. The van der Waals surface area contributed by atoms with Gasteiger partial charge in [-0.1, -0.05) is 12.1 Å². The zero-order valence-corrected chi connectivity index (χ0v) is 10.4. The maximum Gasteiger partial charge on any atom is 0.128 e. The second-order valence-corrected chi connectivity index (χ2v) is 3.59. The van der Waals surface area contributed by atoms with E-state index in [-0.39, 0.29) is 0 Å². The van der Waals surface area contributed by atoms with Gasteiger partial charge in [-0.2, -0.15) is 0 Å². The van der Waals surface area contributed by atoms with E-state index in [2.05, 4.69) is 47.3 Å². The van der Waals surface area contributed by atoms with Gasteiger partial charge in [0.2, 0.25) is 0 Å². The van der Waals surface area contributed by atoms with Crippen molar-refractivity contribution >= 4 is 5.82 Å². The molecule has 0 spiro atoms. The summed E-state index contributed by atoms with van der Waals surface area (Å²) in [6, 6.07) is 4.23. The molecule has 0 fully saturated rings. The van der Waals surface area contributed by atoms with Gasteiger partial charge in [-0.05, 0) is 38.1 Å². The molecule has 0 atom stereocenters. The molecule has 3 nitrogen and oxygen atoms in total. The van der Waals surface area contributed by atoms with E-state index in [4.69, 9.17) is 0 Å². The Morgan fingerprint density at radius 3 is 2.56 bits per heavy atom. The Bertz CT molecular complexity index is 312. The smallest absolute Gasteiger partial charge is 0.128 e. The maximum absolute atomic E-state index is 4.47. The van der Waals surface area contributed by atoms with Crippen LogP contribution in [0.1, 0.15) is 19.4 Å². The lowest BCUT2D eigenvalue weighted by atomic mass is 10.2. The lowest BCUT2D eigenvalue weighted by Gasteiger charge is -2.19. The summed E-state index contributed by atoms with van der Waals surface area (Å²) in [5.74, 6) is 1.06. The summed E-state index contributed by atoms with van der Waals surface area (Å²) in [4.78, 5) is 6.71. The third-order valence-electron chi connectivity index (χ3n) is 2.53. The number of nitrogens with zero attached hydrogens (tertiary/aromatic N) is 2. The van der Waals surface area contributed by atoms with Crippen LogP contribution in [0.15, 0.2) is 30.6 Å². The molecular weight excluding hydrogens is 198 g/mol. The van der Waals surface area contributed by atoms with Crippen LogP contribution in [0, 0.1) is 0 Å². The molecule has 3 heteroatoms. The molecular formula is C13H21N3. The molecule has 0 aliphatic carbocycles. The summed E-state index contributed by atoms with van der Waals surface area (Å²) >= 11 is 0. The van der Waals surface area contributed by atoms with Crippen LogP contribution in [0.2, 0.25) is 0 Å². The van der Waals surface area contributed by atoms with Crippen LogP contribution < -0.4 is 10.2 Å². The molecule has 0 radical (unpaired) electrons. The van der Waals surface area contributed by atoms with Crippen molar-refractivity contribution < 1.29 is 0 Å². The zero-order chi connectivity index (χ0) is 11.8. The van der Waals surface area contributed by atoms with Gasteiger partial charge in [0.05, 0.1) is 0 Å². The van der Waals surface area contributed by atoms with Crippen LogP contribution in [-0.4, -0.2) is 25.1 Å². The van der Waals surface area contributed by atoms with Gasteiger partial charge in [0.25, 0.3) is 0 Å². The summed E-state index contributed by atoms with van der Waals surface area (Å²) in [5.41, 5.74) is 1.24. The third kappa shape index (κ3) is 3.57. The van der Waals surface area contributed by atoms with E-state index in [1.165, 1.54) is 5.56 Å². The van der Waals surface area contributed by atoms with E-state index < -0.39 is 0 Å². The van der Waals surface area contributed by atoms with Gasteiger partial charge in [-0.15, -0.1) is 0 Å². The first kappa shape index (κ1) is 12.6. The predicted molar refractivity (Wildman–Crippen MR) is 69.7 cm³/mol. The average molecular weight is 219 g/mol. The number of aromatic nitrogens is 1. The molecule has 0 aliphatic heterocycles. The summed E-state index contributed by atoms with van der Waals surface area (Å²) in [5, 5.41) is 2.98. The third-order valence-corrected chi connectivity index (χ3v) is 2.53. The highest BCUT2D eigenvalue weighted by molar-refractivity contribution is 5.39. The number of hydrogen-bond acceptors (Lipinski definition) is 3. The number of pyridine rings is 1. The zero-order valence-electron chi connectivity index (χ0n) is 10.4. The molecule has 0 saturated carbocycles. The minimum absolute atomic E-state index is 0.923. The van der Waals surface area contributed by atoms with Gasteiger partial charge < -0.3 is 10.2 Å². The Morgan fingerprint density at radius 2 is 2.06 bits per heavy atom.